The van der Waals surface area contributed by atoms with Gasteiger partial charge in [-0.2, -0.15) is 0 Å². The largest absolute Gasteiger partial charge is 0.478 e. The molecule has 0 amide bonds. The van der Waals surface area contributed by atoms with Gasteiger partial charge < -0.3 is 9.84 Å². The van der Waals surface area contributed by atoms with Crippen LogP contribution in [-0.2, 0) is 0 Å². The average Bonchev–Trinajstić information content (AvgIpc) is 2.30. The van der Waals surface area contributed by atoms with Crippen LogP contribution in [0.1, 0.15) is 10.4 Å². The molecular formula is C10H7N3O3. The number of carboxylic acids is 1. The third-order valence-electron chi connectivity index (χ3n) is 1.72. The molecule has 2 aromatic heterocycles. The molecular weight excluding hydrogens is 210 g/mol. The maximum absolute atomic E-state index is 10.7. The predicted molar refractivity (Wildman–Crippen MR) is 53.3 cm³/mol. The van der Waals surface area contributed by atoms with Crippen molar-refractivity contribution in [1.82, 2.24) is 15.0 Å². The molecule has 2 rings (SSSR count). The van der Waals surface area contributed by atoms with Gasteiger partial charge in [-0.15, -0.1) is 0 Å². The molecule has 80 valence electrons. The fourth-order valence-electron chi connectivity index (χ4n) is 1.03. The summed E-state index contributed by atoms with van der Waals surface area (Å²) in [6, 6.07) is 4.45. The molecule has 16 heavy (non-hydrogen) atoms. The van der Waals surface area contributed by atoms with E-state index in [-0.39, 0.29) is 17.5 Å². The molecule has 1 N–H and O–H groups in total. The van der Waals surface area contributed by atoms with Crippen LogP contribution in [0.3, 0.4) is 0 Å². The lowest BCUT2D eigenvalue weighted by atomic mass is 10.3. The minimum atomic E-state index is -1.04. The van der Waals surface area contributed by atoms with Gasteiger partial charge in [-0.3, -0.25) is 0 Å². The first kappa shape index (κ1) is 10.0. The van der Waals surface area contributed by atoms with Gasteiger partial charge >= 0.3 is 12.0 Å². The van der Waals surface area contributed by atoms with Crippen LogP contribution in [0.15, 0.2) is 36.8 Å². The lowest BCUT2D eigenvalue weighted by Crippen LogP contribution is -1.98. The second-order valence-electron chi connectivity index (χ2n) is 2.82. The fourth-order valence-corrected chi connectivity index (χ4v) is 1.03. The molecule has 6 nitrogen and oxygen atoms in total. The number of pyridine rings is 1. The first-order valence-electron chi connectivity index (χ1n) is 4.40. The summed E-state index contributed by atoms with van der Waals surface area (Å²) in [6.45, 7) is 0. The molecule has 0 spiro atoms. The highest BCUT2D eigenvalue weighted by molar-refractivity contribution is 5.87. The summed E-state index contributed by atoms with van der Waals surface area (Å²) in [5.41, 5.74) is 0.0981. The van der Waals surface area contributed by atoms with Crippen molar-refractivity contribution in [2.45, 2.75) is 0 Å². The van der Waals surface area contributed by atoms with E-state index in [0.29, 0.717) is 0 Å². The van der Waals surface area contributed by atoms with E-state index in [2.05, 4.69) is 15.0 Å². The number of rotatable bonds is 3. The van der Waals surface area contributed by atoms with Crippen molar-refractivity contribution >= 4 is 5.97 Å². The van der Waals surface area contributed by atoms with E-state index in [1.807, 2.05) is 0 Å². The summed E-state index contributed by atoms with van der Waals surface area (Å²) in [4.78, 5) is 22.2. The molecule has 0 aliphatic carbocycles. The quantitative estimate of drug-likeness (QED) is 0.835. The minimum Gasteiger partial charge on any atom is -0.478 e. The Morgan fingerprint density at radius 1 is 1.19 bits per heavy atom. The van der Waals surface area contributed by atoms with Crippen molar-refractivity contribution in [1.29, 1.82) is 0 Å². The zero-order valence-corrected chi connectivity index (χ0v) is 8.07. The first-order chi connectivity index (χ1) is 7.75. The predicted octanol–water partition coefficient (Wildman–Crippen LogP) is 1.36. The Balaban J connectivity index is 2.22. The number of ether oxygens (including phenoxy) is 1. The molecule has 2 heterocycles. The highest BCUT2D eigenvalue weighted by Crippen LogP contribution is 2.14. The van der Waals surface area contributed by atoms with Gasteiger partial charge in [0.25, 0.3) is 0 Å². The van der Waals surface area contributed by atoms with Crippen LogP contribution in [0.4, 0.5) is 0 Å². The van der Waals surface area contributed by atoms with E-state index in [1.54, 1.807) is 6.07 Å². The maximum atomic E-state index is 10.7. The molecule has 0 radical (unpaired) electrons. The Morgan fingerprint density at radius 3 is 2.62 bits per heavy atom. The Hall–Kier alpha value is -2.50. The number of carboxylic acid groups (broad SMARTS) is 1. The standard InChI is InChI=1S/C10H7N3O3/c14-9(15)7-2-5-11-8(6-7)16-10-12-3-1-4-13-10/h1-6H,(H,14,15). The fraction of sp³-hybridized carbons (Fsp3) is 0. The van der Waals surface area contributed by atoms with Gasteiger partial charge in [0.15, 0.2) is 0 Å². The summed E-state index contributed by atoms with van der Waals surface area (Å²) < 4.78 is 5.17. The Bertz CT molecular complexity index is 502. The lowest BCUT2D eigenvalue weighted by molar-refractivity contribution is 0.0696. The van der Waals surface area contributed by atoms with E-state index in [1.165, 1.54) is 30.7 Å². The summed E-state index contributed by atoms with van der Waals surface area (Å²) in [7, 11) is 0. The molecule has 0 fully saturated rings. The first-order valence-corrected chi connectivity index (χ1v) is 4.40. The molecule has 2 aromatic rings. The normalized spacial score (nSPS) is 9.75. The monoisotopic (exact) mass is 217 g/mol. The van der Waals surface area contributed by atoms with E-state index < -0.39 is 5.97 Å². The number of carbonyl (C=O) groups is 1. The smallest absolute Gasteiger partial charge is 0.335 e. The Labute approximate surface area is 90.6 Å². The van der Waals surface area contributed by atoms with Crippen LogP contribution in [0.25, 0.3) is 0 Å². The van der Waals surface area contributed by atoms with Crippen LogP contribution in [0, 0.1) is 0 Å². The zero-order chi connectivity index (χ0) is 11.4. The van der Waals surface area contributed by atoms with Crippen molar-refractivity contribution in [3.63, 3.8) is 0 Å². The van der Waals surface area contributed by atoms with Gasteiger partial charge in [-0.05, 0) is 12.1 Å². The number of aromatic carboxylic acids is 1. The second kappa shape index (κ2) is 4.35. The van der Waals surface area contributed by atoms with E-state index in [4.69, 9.17) is 9.84 Å². The van der Waals surface area contributed by atoms with Gasteiger partial charge in [0.1, 0.15) is 0 Å². The molecule has 0 aliphatic rings. The molecule has 0 aromatic carbocycles. The van der Waals surface area contributed by atoms with Gasteiger partial charge in [0.05, 0.1) is 5.56 Å². The number of nitrogens with zero attached hydrogens (tertiary/aromatic N) is 3. The van der Waals surface area contributed by atoms with Crippen LogP contribution in [0.5, 0.6) is 11.9 Å². The third-order valence-corrected chi connectivity index (χ3v) is 1.72. The summed E-state index contributed by atoms with van der Waals surface area (Å²) in [5, 5.41) is 8.76. The van der Waals surface area contributed by atoms with E-state index >= 15 is 0 Å². The second-order valence-corrected chi connectivity index (χ2v) is 2.82. The molecule has 0 aliphatic heterocycles. The van der Waals surface area contributed by atoms with Crippen LogP contribution in [0.2, 0.25) is 0 Å². The molecule has 0 unspecified atom stereocenters. The number of hydrogen-bond acceptors (Lipinski definition) is 5. The van der Waals surface area contributed by atoms with Crippen molar-refractivity contribution in [2.24, 2.45) is 0 Å². The van der Waals surface area contributed by atoms with E-state index in [9.17, 15) is 4.79 Å². The van der Waals surface area contributed by atoms with Gasteiger partial charge in [-0.1, -0.05) is 0 Å². The van der Waals surface area contributed by atoms with Crippen molar-refractivity contribution in [3.8, 4) is 11.9 Å². The average molecular weight is 217 g/mol. The van der Waals surface area contributed by atoms with Crippen molar-refractivity contribution in [2.75, 3.05) is 0 Å². The van der Waals surface area contributed by atoms with Gasteiger partial charge in [-0.25, -0.2) is 19.7 Å². The summed E-state index contributed by atoms with van der Waals surface area (Å²) in [5.74, 6) is -0.896. The molecule has 0 bridgehead atoms. The maximum Gasteiger partial charge on any atom is 0.335 e. The minimum absolute atomic E-state index is 0.0981. The molecule has 0 saturated carbocycles. The molecule has 0 atom stereocenters. The van der Waals surface area contributed by atoms with Gasteiger partial charge in [0.2, 0.25) is 5.88 Å². The molecule has 0 saturated heterocycles. The zero-order valence-electron chi connectivity index (χ0n) is 8.07. The highest BCUT2D eigenvalue weighted by atomic mass is 16.5. The SMILES string of the molecule is O=C(O)c1ccnc(Oc2ncccn2)c1. The van der Waals surface area contributed by atoms with Crippen molar-refractivity contribution < 1.29 is 14.6 Å². The Morgan fingerprint density at radius 2 is 1.94 bits per heavy atom. The van der Waals surface area contributed by atoms with Crippen LogP contribution in [-0.4, -0.2) is 26.0 Å². The lowest BCUT2D eigenvalue weighted by Gasteiger charge is -2.02. The Kier molecular flexibility index (Phi) is 2.73. The summed E-state index contributed by atoms with van der Waals surface area (Å²) >= 11 is 0. The van der Waals surface area contributed by atoms with Gasteiger partial charge in [0, 0.05) is 24.7 Å². The summed E-state index contributed by atoms with van der Waals surface area (Å²) in [6.07, 6.45) is 4.38. The number of hydrogen-bond donors (Lipinski definition) is 1. The van der Waals surface area contributed by atoms with Crippen LogP contribution >= 0.6 is 0 Å². The topological polar surface area (TPSA) is 85.2 Å². The number of aromatic nitrogens is 3. The highest BCUT2D eigenvalue weighted by Gasteiger charge is 2.06. The van der Waals surface area contributed by atoms with Crippen LogP contribution < -0.4 is 4.74 Å². The van der Waals surface area contributed by atoms with E-state index in [0.717, 1.165) is 0 Å². The van der Waals surface area contributed by atoms with Crippen molar-refractivity contribution in [3.05, 3.63) is 42.4 Å². The third kappa shape index (κ3) is 2.30. The molecule has 6 heteroatoms.